The smallest absolute Gasteiger partial charge is 0.410 e. The molecule has 0 aromatic heterocycles. The van der Waals surface area contributed by atoms with E-state index in [1.54, 1.807) is 11.9 Å². The van der Waals surface area contributed by atoms with E-state index in [9.17, 15) is 9.59 Å². The van der Waals surface area contributed by atoms with E-state index in [4.69, 9.17) is 4.74 Å². The minimum Gasteiger partial charge on any atom is -0.444 e. The summed E-state index contributed by atoms with van der Waals surface area (Å²) in [6, 6.07) is 17.8. The van der Waals surface area contributed by atoms with Crippen molar-refractivity contribution in [2.24, 2.45) is 0 Å². The molecule has 1 saturated heterocycles. The van der Waals surface area contributed by atoms with E-state index in [0.29, 0.717) is 13.1 Å². The Bertz CT molecular complexity index is 850. The lowest BCUT2D eigenvalue weighted by Crippen LogP contribution is -2.48. The predicted molar refractivity (Wildman–Crippen MR) is 115 cm³/mol. The van der Waals surface area contributed by atoms with Crippen molar-refractivity contribution in [2.75, 3.05) is 20.1 Å². The van der Waals surface area contributed by atoms with Crippen LogP contribution in [0.2, 0.25) is 0 Å². The van der Waals surface area contributed by atoms with Gasteiger partial charge in [-0.2, -0.15) is 0 Å². The van der Waals surface area contributed by atoms with Crippen LogP contribution in [0.3, 0.4) is 0 Å². The number of likely N-dealkylation sites (tertiary alicyclic amines) is 1. The van der Waals surface area contributed by atoms with Gasteiger partial charge in [0.15, 0.2) is 0 Å². The average molecular weight is 395 g/mol. The Labute approximate surface area is 173 Å². The maximum atomic E-state index is 13.2. The van der Waals surface area contributed by atoms with E-state index in [1.807, 2.05) is 80.3 Å². The number of ether oxygens (including phenoxy) is 1. The number of piperidine rings is 1. The summed E-state index contributed by atoms with van der Waals surface area (Å²) in [5, 5.41) is 0. The maximum Gasteiger partial charge on any atom is 0.410 e. The third-order valence-corrected chi connectivity index (χ3v) is 5.22. The summed E-state index contributed by atoms with van der Waals surface area (Å²) in [4.78, 5) is 29.1. The molecule has 2 amide bonds. The molecule has 0 unspecified atom stereocenters. The second-order valence-electron chi connectivity index (χ2n) is 8.53. The Morgan fingerprint density at radius 1 is 0.966 bits per heavy atom. The second-order valence-corrected chi connectivity index (χ2v) is 8.53. The molecule has 0 N–H and O–H groups in total. The van der Waals surface area contributed by atoms with Crippen LogP contribution >= 0.6 is 0 Å². The number of benzene rings is 2. The quantitative estimate of drug-likeness (QED) is 0.749. The van der Waals surface area contributed by atoms with Crippen LogP contribution < -0.4 is 0 Å². The van der Waals surface area contributed by atoms with Crippen LogP contribution in [-0.2, 0) is 4.74 Å². The molecule has 5 heteroatoms. The van der Waals surface area contributed by atoms with Gasteiger partial charge in [0.1, 0.15) is 5.60 Å². The molecule has 0 aliphatic carbocycles. The first-order chi connectivity index (χ1) is 13.8. The van der Waals surface area contributed by atoms with E-state index in [2.05, 4.69) is 0 Å². The van der Waals surface area contributed by atoms with E-state index in [-0.39, 0.29) is 18.0 Å². The van der Waals surface area contributed by atoms with Crippen molar-refractivity contribution in [3.05, 3.63) is 60.2 Å². The van der Waals surface area contributed by atoms with E-state index < -0.39 is 5.60 Å². The number of carbonyl (C=O) groups is 2. The third kappa shape index (κ3) is 5.17. The van der Waals surface area contributed by atoms with Crippen LogP contribution in [0.15, 0.2) is 54.6 Å². The van der Waals surface area contributed by atoms with Gasteiger partial charge in [0.25, 0.3) is 5.91 Å². The molecule has 0 radical (unpaired) electrons. The zero-order chi connectivity index (χ0) is 21.0. The Morgan fingerprint density at radius 3 is 2.17 bits per heavy atom. The molecule has 0 bridgehead atoms. The highest BCUT2D eigenvalue weighted by Crippen LogP contribution is 2.26. The van der Waals surface area contributed by atoms with Gasteiger partial charge in [-0.15, -0.1) is 0 Å². The fraction of sp³-hybridized carbons (Fsp3) is 0.417. The molecule has 0 atom stereocenters. The summed E-state index contributed by atoms with van der Waals surface area (Å²) in [5.74, 6) is 0.0443. The number of amides is 2. The Kier molecular flexibility index (Phi) is 6.26. The van der Waals surface area contributed by atoms with Crippen molar-refractivity contribution in [1.82, 2.24) is 9.80 Å². The van der Waals surface area contributed by atoms with Crippen molar-refractivity contribution < 1.29 is 14.3 Å². The lowest BCUT2D eigenvalue weighted by Gasteiger charge is -2.37. The highest BCUT2D eigenvalue weighted by Gasteiger charge is 2.30. The molecule has 154 valence electrons. The van der Waals surface area contributed by atoms with Crippen molar-refractivity contribution >= 4 is 12.0 Å². The summed E-state index contributed by atoms with van der Waals surface area (Å²) in [6.45, 7) is 6.85. The molecular formula is C24H30N2O3. The van der Waals surface area contributed by atoms with E-state index in [1.165, 1.54) is 0 Å². The molecule has 1 fully saturated rings. The highest BCUT2D eigenvalue weighted by atomic mass is 16.6. The van der Waals surface area contributed by atoms with Crippen LogP contribution in [0.25, 0.3) is 11.1 Å². The van der Waals surface area contributed by atoms with E-state index in [0.717, 1.165) is 29.5 Å². The van der Waals surface area contributed by atoms with Crippen LogP contribution in [0, 0.1) is 0 Å². The molecule has 0 saturated carbocycles. The zero-order valence-corrected chi connectivity index (χ0v) is 17.7. The topological polar surface area (TPSA) is 49.9 Å². The molecule has 3 rings (SSSR count). The van der Waals surface area contributed by atoms with Crippen LogP contribution in [0.1, 0.15) is 44.0 Å². The van der Waals surface area contributed by atoms with E-state index >= 15 is 0 Å². The molecular weight excluding hydrogens is 364 g/mol. The number of hydrogen-bond acceptors (Lipinski definition) is 3. The molecule has 1 heterocycles. The fourth-order valence-corrected chi connectivity index (χ4v) is 3.65. The van der Waals surface area contributed by atoms with Gasteiger partial charge in [-0.25, -0.2) is 4.79 Å². The lowest BCUT2D eigenvalue weighted by molar-refractivity contribution is 0.0156. The van der Waals surface area contributed by atoms with Crippen LogP contribution in [0.5, 0.6) is 0 Å². The van der Waals surface area contributed by atoms with Gasteiger partial charge >= 0.3 is 6.09 Å². The number of rotatable bonds is 3. The maximum absolute atomic E-state index is 13.2. The third-order valence-electron chi connectivity index (χ3n) is 5.22. The molecule has 2 aromatic rings. The highest BCUT2D eigenvalue weighted by molar-refractivity contribution is 6.00. The van der Waals surface area contributed by atoms with Crippen molar-refractivity contribution in [3.8, 4) is 11.1 Å². The second kappa shape index (κ2) is 8.68. The van der Waals surface area contributed by atoms with Gasteiger partial charge in [-0.3, -0.25) is 4.79 Å². The number of nitrogens with zero attached hydrogens (tertiary/aromatic N) is 2. The van der Waals surface area contributed by atoms with Crippen LogP contribution in [0.4, 0.5) is 4.79 Å². The van der Waals surface area contributed by atoms with Crippen molar-refractivity contribution in [3.63, 3.8) is 0 Å². The first kappa shape index (κ1) is 20.9. The van der Waals surface area contributed by atoms with Gasteiger partial charge in [0, 0.05) is 31.7 Å². The largest absolute Gasteiger partial charge is 0.444 e. The summed E-state index contributed by atoms with van der Waals surface area (Å²) < 4.78 is 5.47. The van der Waals surface area contributed by atoms with Gasteiger partial charge in [0.05, 0.1) is 0 Å². The average Bonchev–Trinajstić information content (AvgIpc) is 2.72. The van der Waals surface area contributed by atoms with Gasteiger partial charge in [0.2, 0.25) is 0 Å². The first-order valence-electron chi connectivity index (χ1n) is 10.2. The fourth-order valence-electron chi connectivity index (χ4n) is 3.65. The Morgan fingerprint density at radius 2 is 1.55 bits per heavy atom. The standard InChI is InChI=1S/C24H30N2O3/c1-24(2,3)29-23(28)25(4)19-14-16-26(17-15-19)22(27)21-13-9-8-12-20(21)18-10-6-5-7-11-18/h5-13,19H,14-17H2,1-4H3. The molecule has 29 heavy (non-hydrogen) atoms. The lowest BCUT2D eigenvalue weighted by atomic mass is 9.97. The zero-order valence-electron chi connectivity index (χ0n) is 17.7. The molecule has 0 spiro atoms. The minimum atomic E-state index is -0.511. The Balaban J connectivity index is 1.66. The first-order valence-corrected chi connectivity index (χ1v) is 10.2. The Hall–Kier alpha value is -2.82. The molecule has 1 aliphatic heterocycles. The molecule has 1 aliphatic rings. The molecule has 5 nitrogen and oxygen atoms in total. The normalized spacial score (nSPS) is 15.1. The molecule has 2 aromatic carbocycles. The van der Waals surface area contributed by atoms with Crippen molar-refractivity contribution in [1.29, 1.82) is 0 Å². The van der Waals surface area contributed by atoms with Gasteiger partial charge < -0.3 is 14.5 Å². The minimum absolute atomic E-state index is 0.0443. The number of hydrogen-bond donors (Lipinski definition) is 0. The monoisotopic (exact) mass is 394 g/mol. The summed E-state index contributed by atoms with van der Waals surface area (Å²) in [6.07, 6.45) is 1.18. The van der Waals surface area contributed by atoms with Gasteiger partial charge in [-0.1, -0.05) is 48.5 Å². The van der Waals surface area contributed by atoms with Crippen molar-refractivity contribution in [2.45, 2.75) is 45.3 Å². The summed E-state index contributed by atoms with van der Waals surface area (Å²) in [5.41, 5.74) is 2.20. The van der Waals surface area contributed by atoms with Gasteiger partial charge in [-0.05, 0) is 50.8 Å². The summed E-state index contributed by atoms with van der Waals surface area (Å²) in [7, 11) is 1.78. The van der Waals surface area contributed by atoms with Crippen LogP contribution in [-0.4, -0.2) is 53.6 Å². The number of carbonyl (C=O) groups excluding carboxylic acids is 2. The summed E-state index contributed by atoms with van der Waals surface area (Å²) >= 11 is 0. The predicted octanol–water partition coefficient (Wildman–Crippen LogP) is 4.83. The SMILES string of the molecule is CN(C(=O)OC(C)(C)C)C1CCN(C(=O)c2ccccc2-c2ccccc2)CC1.